The zero-order chi connectivity index (χ0) is 17.4. The molecule has 132 valence electrons. The van der Waals surface area contributed by atoms with Gasteiger partial charge in [-0.15, -0.1) is 10.2 Å². The Morgan fingerprint density at radius 2 is 2.12 bits per heavy atom. The minimum atomic E-state index is -0.114. The third-order valence-electron chi connectivity index (χ3n) is 5.50. The van der Waals surface area contributed by atoms with Crippen molar-refractivity contribution in [1.29, 1.82) is 0 Å². The smallest absolute Gasteiger partial charge is 0.317 e. The average Bonchev–Trinajstić information content (AvgIpc) is 3.18. The highest BCUT2D eigenvalue weighted by atomic mass is 16.5. The minimum absolute atomic E-state index is 0.0186. The van der Waals surface area contributed by atoms with Gasteiger partial charge in [-0.2, -0.15) is 0 Å². The molecule has 2 amide bonds. The van der Waals surface area contributed by atoms with Crippen molar-refractivity contribution in [3.8, 4) is 0 Å². The lowest BCUT2D eigenvalue weighted by atomic mass is 9.91. The lowest BCUT2D eigenvalue weighted by Gasteiger charge is -2.32. The molecule has 1 spiro atoms. The second-order valence-corrected chi connectivity index (χ2v) is 6.83. The molecule has 1 saturated carbocycles. The van der Waals surface area contributed by atoms with Crippen molar-refractivity contribution in [3.63, 3.8) is 0 Å². The first-order valence-electron chi connectivity index (χ1n) is 8.52. The van der Waals surface area contributed by atoms with E-state index in [2.05, 4.69) is 15.5 Å². The number of piperidine rings is 1. The molecule has 1 N–H and O–H groups in total. The summed E-state index contributed by atoms with van der Waals surface area (Å²) in [5.41, 5.74) is 0.821. The summed E-state index contributed by atoms with van der Waals surface area (Å²) in [6, 6.07) is 5.57. The van der Waals surface area contributed by atoms with E-state index in [0.29, 0.717) is 25.5 Å². The van der Waals surface area contributed by atoms with E-state index < -0.39 is 0 Å². The summed E-state index contributed by atoms with van der Waals surface area (Å²) in [6.07, 6.45) is 4.48. The van der Waals surface area contributed by atoms with E-state index in [0.717, 1.165) is 24.9 Å². The van der Waals surface area contributed by atoms with Crippen LogP contribution in [-0.4, -0.2) is 51.7 Å². The van der Waals surface area contributed by atoms with E-state index in [1.807, 2.05) is 28.8 Å². The Bertz CT molecular complexity index is 809. The highest BCUT2D eigenvalue weighted by Crippen LogP contribution is 2.59. The standard InChI is InChI=1S/C17H21N5O3/c1-25-15(23)12-10-17(12)5-8-21(9-6-17)16(24)18-11-14-20-19-13-4-2-3-7-22(13)14/h2-4,7,12H,5-6,8-11H2,1H3,(H,18,24)/t12-/m0/s1. The molecule has 2 aliphatic rings. The Kier molecular flexibility index (Phi) is 3.82. The van der Waals surface area contributed by atoms with E-state index in [1.165, 1.54) is 7.11 Å². The first-order valence-corrected chi connectivity index (χ1v) is 8.52. The molecule has 8 nitrogen and oxygen atoms in total. The van der Waals surface area contributed by atoms with Crippen LogP contribution in [0.2, 0.25) is 0 Å². The number of nitrogens with one attached hydrogen (secondary N) is 1. The maximum absolute atomic E-state index is 12.4. The van der Waals surface area contributed by atoms with E-state index in [1.54, 1.807) is 4.90 Å². The van der Waals surface area contributed by atoms with Gasteiger partial charge in [-0.25, -0.2) is 4.79 Å². The fourth-order valence-electron chi connectivity index (χ4n) is 3.81. The molecule has 0 radical (unpaired) electrons. The topological polar surface area (TPSA) is 88.8 Å². The van der Waals surface area contributed by atoms with E-state index in [-0.39, 0.29) is 23.3 Å². The molecule has 0 aromatic carbocycles. The summed E-state index contributed by atoms with van der Waals surface area (Å²) in [4.78, 5) is 25.9. The lowest BCUT2D eigenvalue weighted by Crippen LogP contribution is -2.45. The number of methoxy groups -OCH3 is 1. The number of carbonyl (C=O) groups is 2. The number of ether oxygens (including phenoxy) is 1. The van der Waals surface area contributed by atoms with Gasteiger partial charge in [0.05, 0.1) is 19.6 Å². The van der Waals surface area contributed by atoms with Crippen molar-refractivity contribution >= 4 is 17.6 Å². The SMILES string of the molecule is COC(=O)[C@@H]1CC12CCN(C(=O)NCc1nnc3ccccn13)CC2. The van der Waals surface area contributed by atoms with Crippen molar-refractivity contribution in [1.82, 2.24) is 24.8 Å². The molecule has 2 aromatic heterocycles. The van der Waals surface area contributed by atoms with Gasteiger partial charge in [-0.05, 0) is 36.8 Å². The number of pyridine rings is 1. The summed E-state index contributed by atoms with van der Waals surface area (Å²) < 4.78 is 6.70. The van der Waals surface area contributed by atoms with E-state index >= 15 is 0 Å². The van der Waals surface area contributed by atoms with Gasteiger partial charge in [0.15, 0.2) is 11.5 Å². The number of likely N-dealkylation sites (tertiary alicyclic amines) is 1. The summed E-state index contributed by atoms with van der Waals surface area (Å²) in [5.74, 6) is 0.604. The third kappa shape index (κ3) is 2.81. The van der Waals surface area contributed by atoms with Crippen LogP contribution in [0.4, 0.5) is 4.79 Å². The Morgan fingerprint density at radius 1 is 1.32 bits per heavy atom. The normalized spacial score (nSPS) is 21.3. The molecule has 1 saturated heterocycles. The largest absolute Gasteiger partial charge is 0.469 e. The lowest BCUT2D eigenvalue weighted by molar-refractivity contribution is -0.143. The molecule has 1 aliphatic carbocycles. The molecular weight excluding hydrogens is 322 g/mol. The van der Waals surface area contributed by atoms with Crippen LogP contribution in [0.1, 0.15) is 25.1 Å². The van der Waals surface area contributed by atoms with Crippen LogP contribution < -0.4 is 5.32 Å². The number of hydrogen-bond donors (Lipinski definition) is 1. The molecule has 2 fully saturated rings. The van der Waals surface area contributed by atoms with Gasteiger partial charge >= 0.3 is 12.0 Å². The van der Waals surface area contributed by atoms with Gasteiger partial charge in [-0.3, -0.25) is 9.20 Å². The number of amides is 2. The number of rotatable bonds is 3. The van der Waals surface area contributed by atoms with Gasteiger partial charge in [0.1, 0.15) is 0 Å². The van der Waals surface area contributed by atoms with Crippen LogP contribution in [0.5, 0.6) is 0 Å². The minimum Gasteiger partial charge on any atom is -0.469 e. The predicted octanol–water partition coefficient (Wildman–Crippen LogP) is 1.21. The molecule has 4 rings (SSSR count). The Labute approximate surface area is 145 Å². The van der Waals surface area contributed by atoms with Crippen molar-refractivity contribution in [2.45, 2.75) is 25.8 Å². The van der Waals surface area contributed by atoms with Crippen molar-refractivity contribution in [2.24, 2.45) is 11.3 Å². The van der Waals surface area contributed by atoms with Crippen molar-refractivity contribution in [3.05, 3.63) is 30.2 Å². The van der Waals surface area contributed by atoms with Crippen LogP contribution in [0.25, 0.3) is 5.65 Å². The number of carbonyl (C=O) groups excluding carboxylic acids is 2. The average molecular weight is 343 g/mol. The number of esters is 1. The molecule has 1 aliphatic heterocycles. The Hall–Kier alpha value is -2.64. The molecule has 8 heteroatoms. The zero-order valence-corrected chi connectivity index (χ0v) is 14.1. The monoisotopic (exact) mass is 343 g/mol. The zero-order valence-electron chi connectivity index (χ0n) is 14.1. The van der Waals surface area contributed by atoms with Crippen LogP contribution in [0.3, 0.4) is 0 Å². The van der Waals surface area contributed by atoms with Gasteiger partial charge in [0.2, 0.25) is 0 Å². The van der Waals surface area contributed by atoms with E-state index in [9.17, 15) is 9.59 Å². The first kappa shape index (κ1) is 15.9. The second-order valence-electron chi connectivity index (χ2n) is 6.83. The second kappa shape index (κ2) is 6.02. The quantitative estimate of drug-likeness (QED) is 0.847. The maximum atomic E-state index is 12.4. The predicted molar refractivity (Wildman–Crippen MR) is 88.6 cm³/mol. The van der Waals surface area contributed by atoms with Crippen molar-refractivity contribution < 1.29 is 14.3 Å². The Morgan fingerprint density at radius 3 is 2.88 bits per heavy atom. The molecule has 0 unspecified atom stereocenters. The van der Waals surface area contributed by atoms with Gasteiger partial charge in [-0.1, -0.05) is 6.07 Å². The van der Waals surface area contributed by atoms with Crippen LogP contribution >= 0.6 is 0 Å². The first-order chi connectivity index (χ1) is 12.1. The fraction of sp³-hybridized carbons (Fsp3) is 0.529. The molecular formula is C17H21N5O3. The Balaban J connectivity index is 1.31. The van der Waals surface area contributed by atoms with Crippen molar-refractivity contribution in [2.75, 3.05) is 20.2 Å². The highest BCUT2D eigenvalue weighted by molar-refractivity contribution is 5.77. The molecule has 2 aromatic rings. The number of urea groups is 1. The molecule has 3 heterocycles. The van der Waals surface area contributed by atoms with Crippen LogP contribution in [0.15, 0.2) is 24.4 Å². The molecule has 0 bridgehead atoms. The number of fused-ring (bicyclic) bond motifs is 1. The maximum Gasteiger partial charge on any atom is 0.317 e. The molecule has 1 atom stereocenters. The highest BCUT2D eigenvalue weighted by Gasteiger charge is 2.59. The number of nitrogens with zero attached hydrogens (tertiary/aromatic N) is 4. The van der Waals surface area contributed by atoms with E-state index in [4.69, 9.17) is 4.74 Å². The van der Waals surface area contributed by atoms with Gasteiger partial charge < -0.3 is 15.0 Å². The number of aromatic nitrogens is 3. The van der Waals surface area contributed by atoms with Crippen LogP contribution in [-0.2, 0) is 16.1 Å². The fourth-order valence-corrected chi connectivity index (χ4v) is 3.81. The van der Waals surface area contributed by atoms with Gasteiger partial charge in [0, 0.05) is 19.3 Å². The molecule has 25 heavy (non-hydrogen) atoms. The summed E-state index contributed by atoms with van der Waals surface area (Å²) in [7, 11) is 1.44. The van der Waals surface area contributed by atoms with Gasteiger partial charge in [0.25, 0.3) is 0 Å². The summed E-state index contributed by atoms with van der Waals surface area (Å²) >= 11 is 0. The van der Waals surface area contributed by atoms with Crippen LogP contribution in [0, 0.1) is 11.3 Å². The summed E-state index contributed by atoms with van der Waals surface area (Å²) in [6.45, 7) is 1.66. The summed E-state index contributed by atoms with van der Waals surface area (Å²) in [5, 5.41) is 11.1. The third-order valence-corrected chi connectivity index (χ3v) is 5.50. The number of hydrogen-bond acceptors (Lipinski definition) is 5.